The molecule has 0 aromatic carbocycles. The molecule has 0 radical (unpaired) electrons. The van der Waals surface area contributed by atoms with Crippen LogP contribution in [0.4, 0.5) is 0 Å². The first-order chi connectivity index (χ1) is 8.36. The molecule has 2 rings (SSSR count). The van der Waals surface area contributed by atoms with E-state index in [1.54, 1.807) is 0 Å². The molecule has 0 aliphatic carbocycles. The third-order valence-electron chi connectivity index (χ3n) is 4.28. The van der Waals surface area contributed by atoms with Crippen molar-refractivity contribution < 1.29 is 0 Å². The zero-order valence-electron chi connectivity index (χ0n) is 11.4. The van der Waals surface area contributed by atoms with Crippen molar-refractivity contribution >= 4 is 58.5 Å². The molecule has 0 N–H and O–H groups in total. The molecule has 2 heterocycles. The fourth-order valence-corrected chi connectivity index (χ4v) is 12.5. The lowest BCUT2D eigenvalue weighted by Gasteiger charge is -2.33. The SMILES string of the molecule is C[Si]1(Cl)CCC(SSC2CC[Si](C)(Cl)CC2)CC1. The van der Waals surface area contributed by atoms with Crippen LogP contribution in [0.3, 0.4) is 0 Å². The van der Waals surface area contributed by atoms with Gasteiger partial charge in [0.25, 0.3) is 0 Å². The zero-order valence-corrected chi connectivity index (χ0v) is 16.5. The summed E-state index contributed by atoms with van der Waals surface area (Å²) in [7, 11) is 1.75. The Kier molecular flexibility index (Phi) is 5.95. The van der Waals surface area contributed by atoms with Crippen molar-refractivity contribution in [1.29, 1.82) is 0 Å². The molecular weight excluding hydrogens is 335 g/mol. The molecule has 0 nitrogen and oxygen atoms in total. The maximum Gasteiger partial charge on any atom is 0.153 e. The summed E-state index contributed by atoms with van der Waals surface area (Å²) in [6.45, 7) is 4.66. The molecular formula is C12H24Cl2S2Si2. The van der Waals surface area contributed by atoms with Gasteiger partial charge in [0, 0.05) is 10.5 Å². The van der Waals surface area contributed by atoms with E-state index in [1.165, 1.54) is 49.9 Å². The fourth-order valence-electron chi connectivity index (χ4n) is 2.74. The normalized spacial score (nSPS) is 46.0. The molecule has 2 saturated heterocycles. The van der Waals surface area contributed by atoms with E-state index in [9.17, 15) is 0 Å². The average molecular weight is 360 g/mol. The molecule has 6 heteroatoms. The highest BCUT2D eigenvalue weighted by Crippen LogP contribution is 2.46. The molecule has 0 aromatic heterocycles. The third-order valence-corrected chi connectivity index (χ3v) is 15.4. The number of hydrogen-bond donors (Lipinski definition) is 0. The highest BCUT2D eigenvalue weighted by molar-refractivity contribution is 8.77. The second kappa shape index (κ2) is 6.65. The highest BCUT2D eigenvalue weighted by atomic mass is 35.6. The Hall–Kier alpha value is 1.71. The van der Waals surface area contributed by atoms with E-state index in [2.05, 4.69) is 34.7 Å². The summed E-state index contributed by atoms with van der Waals surface area (Å²) < 4.78 is 0. The molecule has 106 valence electrons. The van der Waals surface area contributed by atoms with Gasteiger partial charge in [-0.1, -0.05) is 34.7 Å². The van der Waals surface area contributed by atoms with Crippen LogP contribution in [0.1, 0.15) is 25.7 Å². The van der Waals surface area contributed by atoms with Gasteiger partial charge in [0.15, 0.2) is 14.8 Å². The summed E-state index contributed by atoms with van der Waals surface area (Å²) in [5.74, 6) is 0. The van der Waals surface area contributed by atoms with E-state index in [0.29, 0.717) is 0 Å². The van der Waals surface area contributed by atoms with Gasteiger partial charge >= 0.3 is 0 Å². The lowest BCUT2D eigenvalue weighted by atomic mass is 10.2. The maximum atomic E-state index is 6.53. The average Bonchev–Trinajstić information content (AvgIpc) is 2.29. The van der Waals surface area contributed by atoms with Crippen LogP contribution >= 0.6 is 43.7 Å². The van der Waals surface area contributed by atoms with E-state index in [1.807, 2.05) is 0 Å². The molecule has 0 unspecified atom stereocenters. The summed E-state index contributed by atoms with van der Waals surface area (Å²) in [4.78, 5) is 0. The number of rotatable bonds is 3. The molecule has 0 atom stereocenters. The Morgan fingerprint density at radius 2 is 1.00 bits per heavy atom. The first kappa shape index (κ1) is 16.1. The van der Waals surface area contributed by atoms with E-state index in [-0.39, 0.29) is 0 Å². The minimum absolute atomic E-state index is 0.871. The van der Waals surface area contributed by atoms with Crippen LogP contribution in [0.2, 0.25) is 37.3 Å². The van der Waals surface area contributed by atoms with Crippen LogP contribution in [0.15, 0.2) is 0 Å². The molecule has 18 heavy (non-hydrogen) atoms. The third kappa shape index (κ3) is 5.25. The van der Waals surface area contributed by atoms with Gasteiger partial charge in [0.1, 0.15) is 0 Å². The van der Waals surface area contributed by atoms with Gasteiger partial charge in [-0.2, -0.15) is 22.2 Å². The molecule has 2 aliphatic heterocycles. The van der Waals surface area contributed by atoms with Crippen LogP contribution in [0.25, 0.3) is 0 Å². The van der Waals surface area contributed by atoms with Crippen molar-refractivity contribution in [2.45, 2.75) is 73.5 Å². The van der Waals surface area contributed by atoms with Crippen LogP contribution < -0.4 is 0 Å². The number of hydrogen-bond acceptors (Lipinski definition) is 2. The number of halogens is 2. The van der Waals surface area contributed by atoms with Gasteiger partial charge in [-0.05, 0) is 49.9 Å². The topological polar surface area (TPSA) is 0 Å². The van der Waals surface area contributed by atoms with Crippen LogP contribution in [0.5, 0.6) is 0 Å². The molecule has 0 bridgehead atoms. The summed E-state index contributed by atoms with van der Waals surface area (Å²) in [6.07, 6.45) is 5.44. The van der Waals surface area contributed by atoms with Gasteiger partial charge in [0.05, 0.1) is 0 Å². The van der Waals surface area contributed by atoms with Crippen molar-refractivity contribution in [2.75, 3.05) is 0 Å². The smallest absolute Gasteiger partial charge is 0.153 e. The molecule has 2 aliphatic rings. The lowest BCUT2D eigenvalue weighted by molar-refractivity contribution is 0.737. The van der Waals surface area contributed by atoms with Gasteiger partial charge in [-0.25, -0.2) is 0 Å². The second-order valence-corrected chi connectivity index (χ2v) is 22.4. The Morgan fingerprint density at radius 1 is 0.722 bits per heavy atom. The Labute approximate surface area is 131 Å². The van der Waals surface area contributed by atoms with Crippen molar-refractivity contribution in [3.8, 4) is 0 Å². The molecule has 0 saturated carbocycles. The lowest BCUT2D eigenvalue weighted by Crippen LogP contribution is -2.30. The fraction of sp³-hybridized carbons (Fsp3) is 1.00. The van der Waals surface area contributed by atoms with Gasteiger partial charge in [0.2, 0.25) is 0 Å². The predicted octanol–water partition coefficient (Wildman–Crippen LogP) is 6.32. The minimum atomic E-state index is -1.28. The molecule has 2 fully saturated rings. The van der Waals surface area contributed by atoms with Crippen molar-refractivity contribution in [1.82, 2.24) is 0 Å². The van der Waals surface area contributed by atoms with Crippen molar-refractivity contribution in [3.63, 3.8) is 0 Å². The summed E-state index contributed by atoms with van der Waals surface area (Å²) >= 11 is 13.1. The van der Waals surface area contributed by atoms with Crippen molar-refractivity contribution in [2.24, 2.45) is 0 Å². The Balaban J connectivity index is 1.64. The molecule has 0 amide bonds. The standard InChI is InChI=1S/C12H24Cl2S2Si2/c1-17(13)7-3-11(4-8-17)15-16-12-5-9-18(2,14)10-6-12/h11-12H,3-10H2,1-2H3. The monoisotopic (exact) mass is 358 g/mol. The maximum absolute atomic E-state index is 6.53. The zero-order chi connectivity index (χ0) is 13.2. The summed E-state index contributed by atoms with van der Waals surface area (Å²) in [5.41, 5.74) is 0. The first-order valence-electron chi connectivity index (χ1n) is 7.06. The largest absolute Gasteiger partial charge is 0.167 e. The van der Waals surface area contributed by atoms with E-state index in [0.717, 1.165) is 10.5 Å². The van der Waals surface area contributed by atoms with Gasteiger partial charge in [-0.15, -0.1) is 0 Å². The van der Waals surface area contributed by atoms with Gasteiger partial charge in [-0.3, -0.25) is 0 Å². The predicted molar refractivity (Wildman–Crippen MR) is 95.4 cm³/mol. The summed E-state index contributed by atoms with van der Waals surface area (Å²) in [5, 5.41) is 1.74. The quantitative estimate of drug-likeness (QED) is 0.328. The minimum Gasteiger partial charge on any atom is -0.167 e. The van der Waals surface area contributed by atoms with Crippen LogP contribution in [0, 0.1) is 0 Å². The first-order valence-corrected chi connectivity index (χ1v) is 17.2. The van der Waals surface area contributed by atoms with E-state index < -0.39 is 14.8 Å². The van der Waals surface area contributed by atoms with Gasteiger partial charge < -0.3 is 0 Å². The van der Waals surface area contributed by atoms with Crippen molar-refractivity contribution in [3.05, 3.63) is 0 Å². The summed E-state index contributed by atoms with van der Waals surface area (Å²) in [6, 6.07) is 5.29. The highest BCUT2D eigenvalue weighted by Gasteiger charge is 2.34. The molecule has 0 spiro atoms. The Morgan fingerprint density at radius 3 is 1.28 bits per heavy atom. The van der Waals surface area contributed by atoms with Crippen LogP contribution in [-0.4, -0.2) is 25.3 Å². The van der Waals surface area contributed by atoms with Crippen LogP contribution in [-0.2, 0) is 0 Å². The van der Waals surface area contributed by atoms with E-state index >= 15 is 0 Å². The Bertz CT molecular complexity index is 239. The van der Waals surface area contributed by atoms with E-state index in [4.69, 9.17) is 22.2 Å². The molecule has 0 aromatic rings. The second-order valence-electron chi connectivity index (χ2n) is 6.42.